The van der Waals surface area contributed by atoms with Gasteiger partial charge in [0.05, 0.1) is 6.42 Å². The van der Waals surface area contributed by atoms with Gasteiger partial charge in [0.2, 0.25) is 5.91 Å². The van der Waals surface area contributed by atoms with Crippen LogP contribution < -0.4 is 0 Å². The lowest BCUT2D eigenvalue weighted by Crippen LogP contribution is -2.31. The van der Waals surface area contributed by atoms with Crippen molar-refractivity contribution in [3.8, 4) is 0 Å². The molecule has 0 saturated heterocycles. The fourth-order valence-electron chi connectivity index (χ4n) is 0.782. The highest BCUT2D eigenvalue weighted by atomic mass is 32.1. The van der Waals surface area contributed by atoms with E-state index in [2.05, 4.69) is 36.0 Å². The lowest BCUT2D eigenvalue weighted by atomic mass is 10.3. The van der Waals surface area contributed by atoms with Gasteiger partial charge < -0.3 is 4.90 Å². The molecule has 0 aromatic rings. The first-order valence-electron chi connectivity index (χ1n) is 3.78. The van der Waals surface area contributed by atoms with E-state index in [4.69, 9.17) is 0 Å². The molecule has 0 N–H and O–H groups in total. The van der Waals surface area contributed by atoms with Crippen LogP contribution in [0.25, 0.3) is 0 Å². The van der Waals surface area contributed by atoms with Crippen LogP contribution in [0.5, 0.6) is 0 Å². The second kappa shape index (κ2) is 7.80. The maximum Gasteiger partial charge on any atom is 0.227 e. The van der Waals surface area contributed by atoms with E-state index in [1.807, 2.05) is 0 Å². The number of carbonyl (C=O) groups excluding carboxylic acids is 1. The van der Waals surface area contributed by atoms with Crippen LogP contribution >= 0.6 is 24.4 Å². The predicted molar refractivity (Wildman–Crippen MR) is 62.2 cm³/mol. The molecule has 1 amide bonds. The molecule has 0 rings (SSSR count). The largest absolute Gasteiger partial charge is 0.334 e. The first-order chi connectivity index (χ1) is 6.26. The van der Waals surface area contributed by atoms with Crippen molar-refractivity contribution in [2.24, 2.45) is 0 Å². The Bertz CT molecular complexity index is 244. The molecule has 0 aliphatic carbocycles. The van der Waals surface area contributed by atoms with Crippen LogP contribution in [-0.2, 0) is 4.79 Å². The molecule has 0 aliphatic rings. The Morgan fingerprint density at radius 2 is 2.23 bits per heavy atom. The summed E-state index contributed by atoms with van der Waals surface area (Å²) in [6, 6.07) is 0. The third-order valence-corrected chi connectivity index (χ3v) is 1.69. The number of rotatable bonds is 6. The molecule has 0 bridgehead atoms. The predicted octanol–water partition coefficient (Wildman–Crippen LogP) is 1.55. The first-order valence-corrected chi connectivity index (χ1v) is 4.65. The average Bonchev–Trinajstić information content (AvgIpc) is 2.12. The standard InChI is InChI=1S/C9H11NOS2/c1-2-5-10(6-3-7-12)9(11)4-8-13/h2-3,8H,1,4-6H2. The summed E-state index contributed by atoms with van der Waals surface area (Å²) < 4.78 is 0. The molecular weight excluding hydrogens is 202 g/mol. The van der Waals surface area contributed by atoms with Crippen LogP contribution in [0.1, 0.15) is 6.42 Å². The molecule has 0 aromatic carbocycles. The summed E-state index contributed by atoms with van der Waals surface area (Å²) in [5.74, 6) is -0.0172. The number of hydrogen-bond acceptors (Lipinski definition) is 3. The van der Waals surface area contributed by atoms with Crippen molar-refractivity contribution in [1.82, 2.24) is 4.90 Å². The molecule has 13 heavy (non-hydrogen) atoms. The van der Waals surface area contributed by atoms with Crippen molar-refractivity contribution < 1.29 is 4.79 Å². The van der Waals surface area contributed by atoms with Crippen LogP contribution in [0.2, 0.25) is 0 Å². The van der Waals surface area contributed by atoms with E-state index in [9.17, 15) is 4.79 Å². The summed E-state index contributed by atoms with van der Waals surface area (Å²) in [6.07, 6.45) is 3.56. The van der Waals surface area contributed by atoms with Gasteiger partial charge in [0.15, 0.2) is 0 Å². The van der Waals surface area contributed by atoms with Crippen LogP contribution in [0, 0.1) is 0 Å². The van der Waals surface area contributed by atoms with Gasteiger partial charge in [-0.05, 0) is 28.7 Å². The molecule has 0 saturated carbocycles. The molecule has 0 unspecified atom stereocenters. The molecule has 4 heteroatoms. The molecule has 0 fully saturated rings. The molecule has 0 aromatic heterocycles. The number of hydrogen-bond donors (Lipinski definition) is 0. The van der Waals surface area contributed by atoms with E-state index in [1.165, 1.54) is 5.37 Å². The summed E-state index contributed by atoms with van der Waals surface area (Å²) >= 11 is 9.11. The molecule has 0 spiro atoms. The number of nitrogens with zero attached hydrogens (tertiary/aromatic N) is 1. The van der Waals surface area contributed by atoms with E-state index < -0.39 is 0 Å². The van der Waals surface area contributed by atoms with Crippen LogP contribution in [0.4, 0.5) is 0 Å². The average molecular weight is 213 g/mol. The fraction of sp³-hybridized carbons (Fsp3) is 0.333. The quantitative estimate of drug-likeness (QED) is 0.493. The van der Waals surface area contributed by atoms with Crippen molar-refractivity contribution in [2.45, 2.75) is 6.42 Å². The first kappa shape index (κ1) is 12.2. The van der Waals surface area contributed by atoms with Gasteiger partial charge in [-0.1, -0.05) is 18.3 Å². The summed E-state index contributed by atoms with van der Waals surface area (Å²) in [6.45, 7) is 4.54. The summed E-state index contributed by atoms with van der Waals surface area (Å²) in [7, 11) is 0. The van der Waals surface area contributed by atoms with Gasteiger partial charge in [0, 0.05) is 13.1 Å². The van der Waals surface area contributed by atoms with Gasteiger partial charge in [-0.25, -0.2) is 0 Å². The molecule has 0 aliphatic heterocycles. The van der Waals surface area contributed by atoms with E-state index in [-0.39, 0.29) is 12.3 Å². The normalized spacial score (nSPS) is 8.31. The van der Waals surface area contributed by atoms with Crippen LogP contribution in [0.15, 0.2) is 18.7 Å². The lowest BCUT2D eigenvalue weighted by Gasteiger charge is -2.17. The minimum absolute atomic E-state index is 0.0172. The maximum absolute atomic E-state index is 11.3. The van der Waals surface area contributed by atoms with Gasteiger partial charge >= 0.3 is 0 Å². The minimum Gasteiger partial charge on any atom is -0.334 e. The number of carbonyl (C=O) groups is 1. The van der Waals surface area contributed by atoms with E-state index in [0.717, 1.165) is 0 Å². The number of thiocarbonyl (C=S) groups is 2. The molecule has 0 heterocycles. The van der Waals surface area contributed by atoms with E-state index >= 15 is 0 Å². The molecular formula is C9H11NOS2. The van der Waals surface area contributed by atoms with Gasteiger partial charge in [-0.15, -0.1) is 6.58 Å². The van der Waals surface area contributed by atoms with E-state index in [0.29, 0.717) is 13.1 Å². The zero-order chi connectivity index (χ0) is 10.1. The zero-order valence-electron chi connectivity index (χ0n) is 7.23. The van der Waals surface area contributed by atoms with Gasteiger partial charge in [-0.2, -0.15) is 0 Å². The molecule has 2 nitrogen and oxygen atoms in total. The Kier molecular flexibility index (Phi) is 7.30. The minimum atomic E-state index is -0.0172. The SMILES string of the molecule is C=CCN(CC=C=S)C(=O)CC=S. The fourth-order valence-corrected chi connectivity index (χ4v) is 0.999. The van der Waals surface area contributed by atoms with E-state index in [1.54, 1.807) is 17.1 Å². The lowest BCUT2D eigenvalue weighted by molar-refractivity contribution is -0.128. The van der Waals surface area contributed by atoms with Crippen molar-refractivity contribution in [2.75, 3.05) is 13.1 Å². The van der Waals surface area contributed by atoms with Gasteiger partial charge in [-0.3, -0.25) is 4.79 Å². The van der Waals surface area contributed by atoms with Gasteiger partial charge in [0.1, 0.15) is 0 Å². The van der Waals surface area contributed by atoms with Crippen molar-refractivity contribution in [1.29, 1.82) is 0 Å². The van der Waals surface area contributed by atoms with Crippen LogP contribution in [0.3, 0.4) is 0 Å². The Morgan fingerprint density at radius 3 is 2.69 bits per heavy atom. The van der Waals surface area contributed by atoms with Crippen molar-refractivity contribution in [3.05, 3.63) is 18.7 Å². The summed E-state index contributed by atoms with van der Waals surface area (Å²) in [5.41, 5.74) is 0. The monoisotopic (exact) mass is 213 g/mol. The number of amides is 1. The summed E-state index contributed by atoms with van der Waals surface area (Å²) in [4.78, 5) is 12.9. The molecule has 0 radical (unpaired) electrons. The Hall–Kier alpha value is -0.830. The highest BCUT2D eigenvalue weighted by Gasteiger charge is 2.07. The second-order valence-corrected chi connectivity index (χ2v) is 2.85. The molecule has 70 valence electrons. The summed E-state index contributed by atoms with van der Waals surface area (Å²) in [5, 5.41) is 3.86. The third kappa shape index (κ3) is 5.42. The topological polar surface area (TPSA) is 20.3 Å². The third-order valence-electron chi connectivity index (χ3n) is 1.36. The van der Waals surface area contributed by atoms with Gasteiger partial charge in [0.25, 0.3) is 0 Å². The molecule has 0 atom stereocenters. The Labute approximate surface area is 88.9 Å². The maximum atomic E-state index is 11.3. The highest BCUT2D eigenvalue weighted by Crippen LogP contribution is 1.93. The van der Waals surface area contributed by atoms with Crippen LogP contribution in [-0.4, -0.2) is 34.3 Å². The second-order valence-electron chi connectivity index (χ2n) is 2.28. The highest BCUT2D eigenvalue weighted by molar-refractivity contribution is 7.79. The zero-order valence-corrected chi connectivity index (χ0v) is 8.87. The van der Waals surface area contributed by atoms with Crippen molar-refractivity contribution in [3.63, 3.8) is 0 Å². The van der Waals surface area contributed by atoms with Crippen molar-refractivity contribution >= 4 is 40.7 Å². The Balaban J connectivity index is 4.20. The smallest absolute Gasteiger partial charge is 0.227 e. The Morgan fingerprint density at radius 1 is 1.54 bits per heavy atom.